The molecule has 8 heteroatoms. The van der Waals surface area contributed by atoms with Gasteiger partial charge in [0.1, 0.15) is 23.9 Å². The van der Waals surface area contributed by atoms with Gasteiger partial charge in [-0.15, -0.1) is 17.9 Å². The van der Waals surface area contributed by atoms with Gasteiger partial charge in [-0.25, -0.2) is 4.39 Å². The van der Waals surface area contributed by atoms with Gasteiger partial charge in [0.2, 0.25) is 5.91 Å². The fourth-order valence-corrected chi connectivity index (χ4v) is 5.32. The van der Waals surface area contributed by atoms with Gasteiger partial charge in [0.05, 0.1) is 31.5 Å². The number of halogens is 1. The molecular weight excluding hydrogens is 467 g/mol. The number of furan rings is 1. The van der Waals surface area contributed by atoms with Crippen LogP contribution in [0.25, 0.3) is 0 Å². The van der Waals surface area contributed by atoms with Crippen LogP contribution in [0.3, 0.4) is 0 Å². The summed E-state index contributed by atoms with van der Waals surface area (Å²) >= 11 is 1.68. The van der Waals surface area contributed by atoms with Crippen molar-refractivity contribution in [1.29, 1.82) is 0 Å². The van der Waals surface area contributed by atoms with Crippen LogP contribution >= 0.6 is 11.3 Å². The molecule has 0 aliphatic carbocycles. The zero-order chi connectivity index (χ0) is 24.6. The average molecular weight is 499 g/mol. The number of carbonyl (C=O) groups is 1. The molecule has 3 heterocycles. The van der Waals surface area contributed by atoms with Gasteiger partial charge in [-0.3, -0.25) is 9.69 Å². The van der Waals surface area contributed by atoms with Gasteiger partial charge in [-0.1, -0.05) is 12.1 Å². The lowest BCUT2D eigenvalue weighted by atomic mass is 10.0. The van der Waals surface area contributed by atoms with Crippen molar-refractivity contribution in [3.63, 3.8) is 0 Å². The maximum Gasteiger partial charge on any atom is 0.237 e. The number of fused-ring (bicyclic) bond motifs is 1. The molecule has 186 valence electrons. The van der Waals surface area contributed by atoms with Crippen LogP contribution in [0.1, 0.15) is 35.1 Å². The van der Waals surface area contributed by atoms with E-state index in [2.05, 4.69) is 6.58 Å². The van der Waals surface area contributed by atoms with E-state index in [1.807, 2.05) is 33.4 Å². The normalized spacial score (nSPS) is 16.2. The first-order valence-electron chi connectivity index (χ1n) is 11.8. The Bertz CT molecular complexity index is 1100. The molecule has 6 nitrogen and oxygen atoms in total. The van der Waals surface area contributed by atoms with Crippen molar-refractivity contribution < 1.29 is 23.4 Å². The van der Waals surface area contributed by atoms with Crippen molar-refractivity contribution in [2.45, 2.75) is 38.0 Å². The van der Waals surface area contributed by atoms with Crippen LogP contribution in [0.4, 0.5) is 4.39 Å². The number of aliphatic hydroxyl groups excluding tert-OH is 1. The van der Waals surface area contributed by atoms with Gasteiger partial charge in [0.25, 0.3) is 0 Å². The zero-order valence-electron chi connectivity index (χ0n) is 19.6. The summed E-state index contributed by atoms with van der Waals surface area (Å²) in [5.41, 5.74) is 1.08. The number of ether oxygens (including phenoxy) is 1. The van der Waals surface area contributed by atoms with Crippen molar-refractivity contribution in [2.75, 3.05) is 26.2 Å². The first kappa shape index (κ1) is 25.2. The molecule has 2 atom stereocenters. The molecule has 3 aromatic rings. The topological polar surface area (TPSA) is 66.2 Å². The molecule has 4 rings (SSSR count). The zero-order valence-corrected chi connectivity index (χ0v) is 20.5. The van der Waals surface area contributed by atoms with E-state index in [0.717, 1.165) is 17.7 Å². The summed E-state index contributed by atoms with van der Waals surface area (Å²) in [4.78, 5) is 18.6. The van der Waals surface area contributed by atoms with Gasteiger partial charge in [-0.05, 0) is 60.5 Å². The number of carbonyl (C=O) groups excluding carboxylic acids is 1. The molecule has 0 saturated heterocycles. The first-order chi connectivity index (χ1) is 17.0. The number of hydrogen-bond donors (Lipinski definition) is 1. The van der Waals surface area contributed by atoms with Crippen molar-refractivity contribution in [2.24, 2.45) is 0 Å². The number of allylic oxidation sites excluding steroid dienone is 1. The molecule has 2 aromatic heterocycles. The third-order valence-electron chi connectivity index (χ3n) is 6.11. The number of hydrogen-bond acceptors (Lipinski definition) is 6. The van der Waals surface area contributed by atoms with E-state index in [1.54, 1.807) is 35.8 Å². The molecule has 0 fully saturated rings. The van der Waals surface area contributed by atoms with E-state index in [9.17, 15) is 14.3 Å². The molecule has 0 bridgehead atoms. The van der Waals surface area contributed by atoms with Crippen molar-refractivity contribution in [3.8, 4) is 5.75 Å². The highest BCUT2D eigenvalue weighted by Crippen LogP contribution is 2.34. The maximum atomic E-state index is 13.6. The molecule has 0 radical (unpaired) electrons. The van der Waals surface area contributed by atoms with Crippen molar-refractivity contribution in [1.82, 2.24) is 9.80 Å². The molecule has 0 saturated carbocycles. The van der Waals surface area contributed by atoms with Crippen LogP contribution in [-0.4, -0.2) is 53.2 Å². The Balaban J connectivity index is 1.48. The van der Waals surface area contributed by atoms with Gasteiger partial charge in [-0.2, -0.15) is 0 Å². The van der Waals surface area contributed by atoms with Crippen molar-refractivity contribution >= 4 is 17.2 Å². The minimum Gasteiger partial charge on any atom is -0.491 e. The van der Waals surface area contributed by atoms with Gasteiger partial charge < -0.3 is 19.2 Å². The summed E-state index contributed by atoms with van der Waals surface area (Å²) < 4.78 is 25.0. The van der Waals surface area contributed by atoms with Crippen LogP contribution in [0.5, 0.6) is 5.75 Å². The maximum absolute atomic E-state index is 13.6. The number of nitrogens with zero attached hydrogens (tertiary/aromatic N) is 2. The predicted molar refractivity (Wildman–Crippen MR) is 134 cm³/mol. The van der Waals surface area contributed by atoms with Crippen LogP contribution in [-0.2, 0) is 17.8 Å². The first-order valence-corrected chi connectivity index (χ1v) is 12.7. The second-order valence-electron chi connectivity index (χ2n) is 8.69. The highest BCUT2D eigenvalue weighted by molar-refractivity contribution is 7.10. The minimum atomic E-state index is -0.576. The Hall–Kier alpha value is -2.94. The Labute approximate surface area is 209 Å². The van der Waals surface area contributed by atoms with Crippen LogP contribution in [0.2, 0.25) is 0 Å². The van der Waals surface area contributed by atoms with Gasteiger partial charge in [0, 0.05) is 24.0 Å². The number of aliphatic hydroxyl groups is 1. The third kappa shape index (κ3) is 6.81. The molecule has 1 amide bonds. The molecule has 1 aliphatic heterocycles. The quantitative estimate of drug-likeness (QED) is 0.363. The predicted octanol–water partition coefficient (Wildman–Crippen LogP) is 4.81. The van der Waals surface area contributed by atoms with E-state index >= 15 is 0 Å². The highest BCUT2D eigenvalue weighted by Gasteiger charge is 2.33. The largest absolute Gasteiger partial charge is 0.491 e. The standard InChI is InChI=1S/C27H31FN2O4S/c1-2-3-7-21(31)16-29(17-23-9-5-13-33-23)18-27(32)30-12-10-26-24(11-14-35-26)25(30)19-34-22-8-4-6-20(28)15-22/h2,4-6,8-9,11,13-15,21,25,31H,1,3,7,10,12,16-19H2/t21-,25-/m1/s1. The monoisotopic (exact) mass is 498 g/mol. The molecule has 0 unspecified atom stereocenters. The molecule has 1 N–H and O–H groups in total. The van der Waals surface area contributed by atoms with Crippen LogP contribution in [0, 0.1) is 5.82 Å². The fraction of sp³-hybridized carbons (Fsp3) is 0.370. The summed E-state index contributed by atoms with van der Waals surface area (Å²) in [6.45, 7) is 5.44. The van der Waals surface area contributed by atoms with E-state index in [0.29, 0.717) is 38.2 Å². The fourth-order valence-electron chi connectivity index (χ4n) is 4.40. The Morgan fingerprint density at radius 3 is 3.03 bits per heavy atom. The molecule has 35 heavy (non-hydrogen) atoms. The number of amides is 1. The molecule has 0 spiro atoms. The number of benzene rings is 1. The van der Waals surface area contributed by atoms with E-state index in [4.69, 9.17) is 9.15 Å². The Kier molecular flexibility index (Phi) is 8.74. The second-order valence-corrected chi connectivity index (χ2v) is 9.69. The smallest absolute Gasteiger partial charge is 0.237 e. The summed E-state index contributed by atoms with van der Waals surface area (Å²) in [6, 6.07) is 11.5. The lowest BCUT2D eigenvalue weighted by molar-refractivity contribution is -0.136. The molecular formula is C27H31FN2O4S. The Morgan fingerprint density at radius 2 is 2.26 bits per heavy atom. The van der Waals surface area contributed by atoms with Crippen molar-refractivity contribution in [3.05, 3.63) is 88.8 Å². The lowest BCUT2D eigenvalue weighted by Crippen LogP contribution is -2.47. The average Bonchev–Trinajstić information content (AvgIpc) is 3.53. The number of rotatable bonds is 12. The highest BCUT2D eigenvalue weighted by atomic mass is 32.1. The number of thiophene rings is 1. The third-order valence-corrected chi connectivity index (χ3v) is 7.11. The Morgan fingerprint density at radius 1 is 1.37 bits per heavy atom. The van der Waals surface area contributed by atoms with E-state index in [1.165, 1.54) is 17.0 Å². The summed E-state index contributed by atoms with van der Waals surface area (Å²) in [5.74, 6) is 0.763. The van der Waals surface area contributed by atoms with Gasteiger partial charge in [0.15, 0.2) is 0 Å². The summed E-state index contributed by atoms with van der Waals surface area (Å²) in [5, 5.41) is 12.5. The van der Waals surface area contributed by atoms with Crippen LogP contribution < -0.4 is 4.74 Å². The van der Waals surface area contributed by atoms with E-state index < -0.39 is 6.10 Å². The lowest BCUT2D eigenvalue weighted by Gasteiger charge is -2.37. The summed E-state index contributed by atoms with van der Waals surface area (Å²) in [7, 11) is 0. The van der Waals surface area contributed by atoms with E-state index in [-0.39, 0.29) is 30.9 Å². The second kappa shape index (κ2) is 12.2. The molecule has 1 aromatic carbocycles. The summed E-state index contributed by atoms with van der Waals surface area (Å²) in [6.07, 6.45) is 4.88. The molecule has 1 aliphatic rings. The van der Waals surface area contributed by atoms with Crippen LogP contribution in [0.15, 0.2) is 71.2 Å². The SMILES string of the molecule is C=CCC[C@@H](O)CN(CC(=O)N1CCc2sccc2[C@H]1COc1cccc(F)c1)Cc1ccco1. The van der Waals surface area contributed by atoms with Gasteiger partial charge >= 0.3 is 0 Å². The minimum absolute atomic E-state index is 0.0443.